The molecule has 6 heteroatoms. The molecule has 1 aliphatic heterocycles. The smallest absolute Gasteiger partial charge is 0.270 e. The highest BCUT2D eigenvalue weighted by atomic mass is 35.6. The summed E-state index contributed by atoms with van der Waals surface area (Å²) in [5.41, 5.74) is 0.139. The van der Waals surface area contributed by atoms with Crippen LogP contribution in [-0.2, 0) is 0 Å². The fourth-order valence-electron chi connectivity index (χ4n) is 1.85. The molecule has 0 radical (unpaired) electrons. The Bertz CT molecular complexity index is 291. The largest absolute Gasteiger partial charge is 0.295 e. The molecule has 0 aliphatic carbocycles. The van der Waals surface area contributed by atoms with Gasteiger partial charge in [-0.1, -0.05) is 55.6 Å². The molecule has 3 nitrogen and oxygen atoms in total. The zero-order chi connectivity index (χ0) is 13.4. The monoisotopic (exact) mass is 299 g/mol. The summed E-state index contributed by atoms with van der Waals surface area (Å²) >= 11 is 17.9. The third-order valence-corrected chi connectivity index (χ3v) is 3.14. The Morgan fingerprint density at radius 1 is 1.24 bits per heavy atom. The highest BCUT2D eigenvalue weighted by Gasteiger charge is 2.42. The first-order valence-corrected chi connectivity index (χ1v) is 6.83. The molecule has 100 valence electrons. The molecule has 1 heterocycles. The Morgan fingerprint density at radius 3 is 2.12 bits per heavy atom. The van der Waals surface area contributed by atoms with Gasteiger partial charge in [-0.05, 0) is 25.7 Å². The molecule has 0 amide bonds. The van der Waals surface area contributed by atoms with Gasteiger partial charge in [-0.25, -0.2) is 0 Å². The van der Waals surface area contributed by atoms with E-state index in [2.05, 4.69) is 39.7 Å². The standard InChI is InChI=1S/C11H20Cl3N3/c1-8(2)17-9(6-10(3,4)5)16(7-15-17)11(12,13)14/h7-9H,6H2,1-5H3. The molecule has 1 aliphatic rings. The Kier molecular flexibility index (Phi) is 4.49. The predicted molar refractivity (Wildman–Crippen MR) is 75.5 cm³/mol. The van der Waals surface area contributed by atoms with Crippen LogP contribution in [0.1, 0.15) is 41.0 Å². The van der Waals surface area contributed by atoms with Gasteiger partial charge in [-0.15, -0.1) is 0 Å². The first-order valence-electron chi connectivity index (χ1n) is 5.70. The van der Waals surface area contributed by atoms with Gasteiger partial charge in [0.15, 0.2) is 0 Å². The van der Waals surface area contributed by atoms with Crippen LogP contribution in [0.25, 0.3) is 0 Å². The molecule has 0 saturated carbocycles. The topological polar surface area (TPSA) is 18.8 Å². The van der Waals surface area contributed by atoms with Crippen molar-refractivity contribution in [3.05, 3.63) is 0 Å². The van der Waals surface area contributed by atoms with Gasteiger partial charge in [0, 0.05) is 6.04 Å². The van der Waals surface area contributed by atoms with E-state index in [1.807, 2.05) is 5.01 Å². The Morgan fingerprint density at radius 2 is 1.76 bits per heavy atom. The van der Waals surface area contributed by atoms with E-state index in [4.69, 9.17) is 34.8 Å². The molecule has 1 atom stereocenters. The molecule has 0 aromatic rings. The third kappa shape index (κ3) is 4.08. The van der Waals surface area contributed by atoms with E-state index in [9.17, 15) is 0 Å². The van der Waals surface area contributed by atoms with Crippen molar-refractivity contribution < 1.29 is 0 Å². The average molecular weight is 301 g/mol. The van der Waals surface area contributed by atoms with E-state index < -0.39 is 3.92 Å². The SMILES string of the molecule is CC(C)N1N=CN(C(Cl)(Cl)Cl)C1CC(C)(C)C. The van der Waals surface area contributed by atoms with Gasteiger partial charge < -0.3 is 0 Å². The fourth-order valence-corrected chi connectivity index (χ4v) is 2.32. The van der Waals surface area contributed by atoms with Crippen molar-refractivity contribution in [2.75, 3.05) is 0 Å². The minimum absolute atomic E-state index is 0.0116. The van der Waals surface area contributed by atoms with Crippen LogP contribution in [0.4, 0.5) is 0 Å². The van der Waals surface area contributed by atoms with Gasteiger partial charge in [0.05, 0.1) is 0 Å². The molecule has 0 N–H and O–H groups in total. The maximum absolute atomic E-state index is 5.97. The van der Waals surface area contributed by atoms with Crippen LogP contribution < -0.4 is 0 Å². The van der Waals surface area contributed by atoms with Crippen LogP contribution in [0.2, 0.25) is 0 Å². The molecule has 0 saturated heterocycles. The van der Waals surface area contributed by atoms with Gasteiger partial charge in [-0.2, -0.15) is 5.10 Å². The van der Waals surface area contributed by atoms with Gasteiger partial charge in [0.2, 0.25) is 0 Å². The zero-order valence-corrected chi connectivity index (χ0v) is 13.2. The highest BCUT2D eigenvalue weighted by Crippen LogP contribution is 2.38. The van der Waals surface area contributed by atoms with Crippen LogP contribution >= 0.6 is 34.8 Å². The number of hydrogen-bond acceptors (Lipinski definition) is 3. The minimum atomic E-state index is -1.46. The summed E-state index contributed by atoms with van der Waals surface area (Å²) in [7, 11) is 0. The Balaban J connectivity index is 2.91. The fraction of sp³-hybridized carbons (Fsp3) is 0.909. The van der Waals surface area contributed by atoms with Crippen LogP contribution in [0.15, 0.2) is 5.10 Å². The third-order valence-electron chi connectivity index (χ3n) is 2.55. The summed E-state index contributed by atoms with van der Waals surface area (Å²) in [5.74, 6) is 0. The van der Waals surface area contributed by atoms with Crippen molar-refractivity contribution >= 4 is 41.1 Å². The van der Waals surface area contributed by atoms with Gasteiger partial charge >= 0.3 is 0 Å². The second-order valence-electron chi connectivity index (χ2n) is 5.83. The van der Waals surface area contributed by atoms with Gasteiger partial charge in [0.1, 0.15) is 12.5 Å². The summed E-state index contributed by atoms with van der Waals surface area (Å²) in [6, 6.07) is 0.274. The van der Waals surface area contributed by atoms with E-state index >= 15 is 0 Å². The first-order chi connectivity index (χ1) is 7.52. The molecule has 1 unspecified atom stereocenters. The normalized spacial score (nSPS) is 21.8. The second kappa shape index (κ2) is 5.02. The average Bonchev–Trinajstić information content (AvgIpc) is 2.43. The van der Waals surface area contributed by atoms with Crippen molar-refractivity contribution in [1.29, 1.82) is 0 Å². The van der Waals surface area contributed by atoms with E-state index in [1.165, 1.54) is 0 Å². The maximum atomic E-state index is 5.97. The lowest BCUT2D eigenvalue weighted by Crippen LogP contribution is -2.49. The maximum Gasteiger partial charge on any atom is 0.270 e. The summed E-state index contributed by atoms with van der Waals surface area (Å²) in [5, 5.41) is 6.31. The number of hydrazone groups is 1. The Hall–Kier alpha value is 0.140. The van der Waals surface area contributed by atoms with E-state index in [0.717, 1.165) is 6.42 Å². The summed E-state index contributed by atoms with van der Waals surface area (Å²) in [6.45, 7) is 10.7. The van der Waals surface area contributed by atoms with Gasteiger partial charge in [-0.3, -0.25) is 9.91 Å². The number of rotatable bonds is 2. The van der Waals surface area contributed by atoms with E-state index in [1.54, 1.807) is 11.2 Å². The molecule has 0 aromatic heterocycles. The number of halogens is 3. The van der Waals surface area contributed by atoms with E-state index in [-0.39, 0.29) is 17.6 Å². The van der Waals surface area contributed by atoms with Crippen molar-refractivity contribution in [2.45, 2.75) is 57.2 Å². The van der Waals surface area contributed by atoms with Crippen LogP contribution in [0, 0.1) is 5.41 Å². The molecule has 1 rings (SSSR count). The van der Waals surface area contributed by atoms with Crippen molar-refractivity contribution in [2.24, 2.45) is 10.5 Å². The summed E-state index contributed by atoms with van der Waals surface area (Å²) in [6.07, 6.45) is 2.48. The lowest BCUT2D eigenvalue weighted by molar-refractivity contribution is 0.0631. The van der Waals surface area contributed by atoms with E-state index in [0.29, 0.717) is 0 Å². The lowest BCUT2D eigenvalue weighted by Gasteiger charge is -2.39. The zero-order valence-electron chi connectivity index (χ0n) is 10.9. The number of hydrogen-bond donors (Lipinski definition) is 0. The molecular formula is C11H20Cl3N3. The number of nitrogens with zero attached hydrogens (tertiary/aromatic N) is 3. The van der Waals surface area contributed by atoms with Crippen LogP contribution in [0.5, 0.6) is 0 Å². The van der Waals surface area contributed by atoms with Crippen LogP contribution in [-0.4, -0.2) is 32.4 Å². The molecule has 0 spiro atoms. The van der Waals surface area contributed by atoms with Crippen LogP contribution in [0.3, 0.4) is 0 Å². The Labute approximate surface area is 119 Å². The van der Waals surface area contributed by atoms with Crippen molar-refractivity contribution in [3.8, 4) is 0 Å². The molecule has 17 heavy (non-hydrogen) atoms. The second-order valence-corrected chi connectivity index (χ2v) is 8.05. The predicted octanol–water partition coefficient (Wildman–Crippen LogP) is 4.05. The molecule has 0 fully saturated rings. The summed E-state index contributed by atoms with van der Waals surface area (Å²) in [4.78, 5) is 1.68. The molecular weight excluding hydrogens is 281 g/mol. The van der Waals surface area contributed by atoms with Crippen molar-refractivity contribution in [1.82, 2.24) is 9.91 Å². The highest BCUT2D eigenvalue weighted by molar-refractivity contribution is 6.67. The summed E-state index contributed by atoms with van der Waals surface area (Å²) < 4.78 is -1.46. The minimum Gasteiger partial charge on any atom is -0.295 e. The van der Waals surface area contributed by atoms with Gasteiger partial charge in [0.25, 0.3) is 3.92 Å². The number of alkyl halides is 3. The molecule has 0 bridgehead atoms. The quantitative estimate of drug-likeness (QED) is 0.566. The van der Waals surface area contributed by atoms with Crippen molar-refractivity contribution in [3.63, 3.8) is 0 Å². The first kappa shape index (κ1) is 15.2. The lowest BCUT2D eigenvalue weighted by atomic mass is 9.90. The molecule has 0 aromatic carbocycles.